The van der Waals surface area contributed by atoms with Crippen LogP contribution >= 0.6 is 0 Å². The Labute approximate surface area is 112 Å². The molecule has 20 heavy (non-hydrogen) atoms. The van der Waals surface area contributed by atoms with Crippen LogP contribution in [0.3, 0.4) is 0 Å². The summed E-state index contributed by atoms with van der Waals surface area (Å²) in [5.41, 5.74) is 1.77. The zero-order chi connectivity index (χ0) is 13.9. The number of aromatic nitrogens is 2. The second-order valence-electron chi connectivity index (χ2n) is 4.91. The summed E-state index contributed by atoms with van der Waals surface area (Å²) in [7, 11) is 0. The number of imide groups is 1. The van der Waals surface area contributed by atoms with E-state index >= 15 is 0 Å². The van der Waals surface area contributed by atoms with Crippen molar-refractivity contribution in [3.05, 3.63) is 23.9 Å². The molecule has 0 spiro atoms. The number of anilines is 1. The predicted molar refractivity (Wildman–Crippen MR) is 69.1 cm³/mol. The van der Waals surface area contributed by atoms with E-state index in [-0.39, 0.29) is 18.2 Å². The van der Waals surface area contributed by atoms with Crippen LogP contribution in [0.5, 0.6) is 0 Å². The topological polar surface area (TPSA) is 95.2 Å². The average molecular weight is 270 g/mol. The number of carbonyl (C=O) groups is 3. The Kier molecular flexibility index (Phi) is 2.04. The summed E-state index contributed by atoms with van der Waals surface area (Å²) in [5, 5.41) is 9.83. The van der Waals surface area contributed by atoms with Crippen molar-refractivity contribution in [1.82, 2.24) is 15.5 Å². The van der Waals surface area contributed by atoms with Crippen molar-refractivity contribution in [3.8, 4) is 0 Å². The Balaban J connectivity index is 1.83. The monoisotopic (exact) mass is 270 g/mol. The fourth-order valence-corrected chi connectivity index (χ4v) is 2.87. The second kappa shape index (κ2) is 3.66. The van der Waals surface area contributed by atoms with E-state index in [1.54, 1.807) is 12.1 Å². The Morgan fingerprint density at radius 3 is 2.90 bits per heavy atom. The number of hydrogen-bond donors (Lipinski definition) is 2. The van der Waals surface area contributed by atoms with Crippen LogP contribution in [0, 0.1) is 0 Å². The van der Waals surface area contributed by atoms with Crippen LogP contribution in [0.25, 0.3) is 10.9 Å². The minimum absolute atomic E-state index is 0.236. The van der Waals surface area contributed by atoms with Gasteiger partial charge in [0.05, 0.1) is 16.6 Å². The van der Waals surface area contributed by atoms with Gasteiger partial charge in [-0.25, -0.2) is 0 Å². The van der Waals surface area contributed by atoms with Gasteiger partial charge in [0.2, 0.25) is 11.8 Å². The third kappa shape index (κ3) is 1.29. The molecule has 1 fully saturated rings. The van der Waals surface area contributed by atoms with E-state index in [0.717, 1.165) is 10.9 Å². The Hall–Kier alpha value is -2.70. The van der Waals surface area contributed by atoms with E-state index in [2.05, 4.69) is 15.5 Å². The summed E-state index contributed by atoms with van der Waals surface area (Å²) in [6, 6.07) is 4.77. The van der Waals surface area contributed by atoms with E-state index < -0.39 is 11.9 Å². The highest BCUT2D eigenvalue weighted by atomic mass is 16.2. The molecule has 100 valence electrons. The van der Waals surface area contributed by atoms with Crippen LogP contribution in [0.1, 0.15) is 23.3 Å². The standard InChI is InChI=1S/C13H10N4O3/c18-9-5-4-8(12(19)14-9)17-7-3-1-2-6-10(7)11(13(17)20)16-15-6/h1-3,8H,4-5H2,(H,15,16)(H,14,18,19). The maximum Gasteiger partial charge on any atom is 0.280 e. The van der Waals surface area contributed by atoms with Crippen molar-refractivity contribution in [2.75, 3.05) is 4.90 Å². The maximum atomic E-state index is 12.4. The van der Waals surface area contributed by atoms with Gasteiger partial charge in [0.25, 0.3) is 5.91 Å². The third-order valence-corrected chi connectivity index (χ3v) is 3.77. The number of benzene rings is 1. The molecule has 4 rings (SSSR count). The van der Waals surface area contributed by atoms with Crippen LogP contribution in [0.15, 0.2) is 18.2 Å². The first-order valence-corrected chi connectivity index (χ1v) is 6.31. The van der Waals surface area contributed by atoms with E-state index in [1.807, 2.05) is 6.07 Å². The molecular weight excluding hydrogens is 260 g/mol. The van der Waals surface area contributed by atoms with Crippen LogP contribution in [0.4, 0.5) is 5.69 Å². The van der Waals surface area contributed by atoms with Gasteiger partial charge in [-0.1, -0.05) is 6.07 Å². The van der Waals surface area contributed by atoms with Gasteiger partial charge in [-0.15, -0.1) is 0 Å². The van der Waals surface area contributed by atoms with Gasteiger partial charge >= 0.3 is 0 Å². The maximum absolute atomic E-state index is 12.4. The molecule has 2 aliphatic rings. The van der Waals surface area contributed by atoms with Gasteiger partial charge in [-0.2, -0.15) is 5.10 Å². The summed E-state index contributed by atoms with van der Waals surface area (Å²) in [4.78, 5) is 37.1. The minimum Gasteiger partial charge on any atom is -0.295 e. The van der Waals surface area contributed by atoms with Crippen molar-refractivity contribution in [3.63, 3.8) is 0 Å². The molecule has 0 aliphatic carbocycles. The number of H-pyrrole nitrogens is 1. The summed E-state index contributed by atoms with van der Waals surface area (Å²) in [5.74, 6) is -1.03. The fourth-order valence-electron chi connectivity index (χ4n) is 2.87. The average Bonchev–Trinajstić information content (AvgIpc) is 2.96. The molecule has 1 aromatic carbocycles. The Morgan fingerprint density at radius 1 is 1.25 bits per heavy atom. The highest BCUT2D eigenvalue weighted by Gasteiger charge is 2.41. The number of hydrogen-bond acceptors (Lipinski definition) is 4. The Bertz CT molecular complexity index is 779. The summed E-state index contributed by atoms with van der Waals surface area (Å²) >= 11 is 0. The summed E-state index contributed by atoms with van der Waals surface area (Å²) in [6.07, 6.45) is 0.570. The highest BCUT2D eigenvalue weighted by Crippen LogP contribution is 2.38. The normalized spacial score (nSPS) is 21.7. The molecule has 1 aromatic heterocycles. The van der Waals surface area contributed by atoms with Crippen molar-refractivity contribution in [2.24, 2.45) is 0 Å². The number of rotatable bonds is 1. The second-order valence-corrected chi connectivity index (χ2v) is 4.91. The van der Waals surface area contributed by atoms with E-state index in [0.29, 0.717) is 17.8 Å². The third-order valence-electron chi connectivity index (χ3n) is 3.77. The van der Waals surface area contributed by atoms with Gasteiger partial charge in [-0.3, -0.25) is 29.7 Å². The number of piperidine rings is 1. The van der Waals surface area contributed by atoms with Crippen LogP contribution in [0.2, 0.25) is 0 Å². The molecule has 0 radical (unpaired) electrons. The first-order valence-electron chi connectivity index (χ1n) is 6.31. The zero-order valence-electron chi connectivity index (χ0n) is 10.3. The Morgan fingerprint density at radius 2 is 2.10 bits per heavy atom. The molecular formula is C13H10N4O3. The van der Waals surface area contributed by atoms with Gasteiger partial charge < -0.3 is 0 Å². The summed E-state index contributed by atoms with van der Waals surface area (Å²) < 4.78 is 0. The molecule has 7 heteroatoms. The molecule has 0 saturated carbocycles. The number of amides is 3. The lowest BCUT2D eigenvalue weighted by atomic mass is 10.0. The summed E-state index contributed by atoms with van der Waals surface area (Å²) in [6.45, 7) is 0. The number of nitrogens with zero attached hydrogens (tertiary/aromatic N) is 2. The molecule has 3 amide bonds. The van der Waals surface area contributed by atoms with Gasteiger partial charge in [0.15, 0.2) is 5.69 Å². The SMILES string of the molecule is O=C1CCC(N2C(=O)c3n[nH]c4cccc2c34)C(=O)N1. The minimum atomic E-state index is -0.653. The molecule has 0 bridgehead atoms. The molecule has 1 saturated heterocycles. The lowest BCUT2D eigenvalue weighted by Crippen LogP contribution is -2.53. The molecule has 1 unspecified atom stereocenters. The number of nitrogens with one attached hydrogen (secondary N) is 2. The first-order chi connectivity index (χ1) is 9.66. The van der Waals surface area contributed by atoms with Crippen LogP contribution < -0.4 is 10.2 Å². The van der Waals surface area contributed by atoms with Gasteiger partial charge in [0.1, 0.15) is 6.04 Å². The van der Waals surface area contributed by atoms with Crippen molar-refractivity contribution in [2.45, 2.75) is 18.9 Å². The predicted octanol–water partition coefficient (Wildman–Crippen LogP) is 0.328. The largest absolute Gasteiger partial charge is 0.295 e. The molecule has 7 nitrogen and oxygen atoms in total. The van der Waals surface area contributed by atoms with Crippen LogP contribution in [-0.4, -0.2) is 34.0 Å². The van der Waals surface area contributed by atoms with E-state index in [4.69, 9.17) is 0 Å². The highest BCUT2D eigenvalue weighted by molar-refractivity contribution is 6.25. The first kappa shape index (κ1) is 11.2. The fraction of sp³-hybridized carbons (Fsp3) is 0.231. The van der Waals surface area contributed by atoms with Gasteiger partial charge in [-0.05, 0) is 18.6 Å². The molecule has 2 N–H and O–H groups in total. The number of carbonyl (C=O) groups excluding carboxylic acids is 3. The molecule has 1 atom stereocenters. The molecule has 2 aliphatic heterocycles. The van der Waals surface area contributed by atoms with Crippen molar-refractivity contribution < 1.29 is 14.4 Å². The van der Waals surface area contributed by atoms with E-state index in [1.165, 1.54) is 4.90 Å². The zero-order valence-corrected chi connectivity index (χ0v) is 10.3. The van der Waals surface area contributed by atoms with Crippen molar-refractivity contribution >= 4 is 34.3 Å². The lowest BCUT2D eigenvalue weighted by Gasteiger charge is -2.30. The smallest absolute Gasteiger partial charge is 0.280 e. The van der Waals surface area contributed by atoms with E-state index in [9.17, 15) is 14.4 Å². The molecule has 3 heterocycles. The van der Waals surface area contributed by atoms with Crippen molar-refractivity contribution in [1.29, 1.82) is 0 Å². The quantitative estimate of drug-likeness (QED) is 0.730. The van der Waals surface area contributed by atoms with Gasteiger partial charge in [0, 0.05) is 6.42 Å². The molecule has 2 aromatic rings. The lowest BCUT2D eigenvalue weighted by molar-refractivity contribution is -0.134. The number of aromatic amines is 1. The van der Waals surface area contributed by atoms with Crippen LogP contribution in [-0.2, 0) is 9.59 Å².